The van der Waals surface area contributed by atoms with Gasteiger partial charge in [0, 0.05) is 6.20 Å². The maximum Gasteiger partial charge on any atom is 0.419 e. The van der Waals surface area contributed by atoms with Gasteiger partial charge in [-0.05, 0) is 29.7 Å². The third kappa shape index (κ3) is 2.37. The maximum absolute atomic E-state index is 12.6. The molecule has 21 heavy (non-hydrogen) atoms. The zero-order valence-electron chi connectivity index (χ0n) is 11.3. The molecule has 7 heteroatoms. The normalized spacial score (nSPS) is 21.4. The van der Waals surface area contributed by atoms with Gasteiger partial charge in [0.2, 0.25) is 0 Å². The molecule has 1 aromatic carbocycles. The van der Waals surface area contributed by atoms with Gasteiger partial charge in [0.25, 0.3) is 0 Å². The van der Waals surface area contributed by atoms with Gasteiger partial charge in [0.05, 0.1) is 31.0 Å². The SMILES string of the molecule is COc1ccc2c(c1)C(N)C(n1cc(C(F)(F)F)cn1)C2. The van der Waals surface area contributed by atoms with Crippen LogP contribution in [0.15, 0.2) is 30.6 Å². The third-order valence-electron chi connectivity index (χ3n) is 3.82. The Balaban J connectivity index is 1.91. The molecule has 0 aliphatic heterocycles. The van der Waals surface area contributed by atoms with Crippen LogP contribution in [-0.2, 0) is 12.6 Å². The number of benzene rings is 1. The molecule has 3 rings (SSSR count). The van der Waals surface area contributed by atoms with Gasteiger partial charge in [-0.2, -0.15) is 18.3 Å². The number of ether oxygens (including phenoxy) is 1. The number of nitrogens with zero attached hydrogens (tertiary/aromatic N) is 2. The molecule has 2 atom stereocenters. The number of aromatic nitrogens is 2. The molecule has 0 fully saturated rings. The summed E-state index contributed by atoms with van der Waals surface area (Å²) in [4.78, 5) is 0. The third-order valence-corrected chi connectivity index (χ3v) is 3.82. The van der Waals surface area contributed by atoms with Crippen molar-refractivity contribution in [1.29, 1.82) is 0 Å². The highest BCUT2D eigenvalue weighted by Crippen LogP contribution is 2.40. The summed E-state index contributed by atoms with van der Waals surface area (Å²) in [5.74, 6) is 0.682. The van der Waals surface area contributed by atoms with Gasteiger partial charge < -0.3 is 10.5 Å². The fraction of sp³-hybridized carbons (Fsp3) is 0.357. The first-order valence-electron chi connectivity index (χ1n) is 6.44. The van der Waals surface area contributed by atoms with Crippen LogP contribution in [0.25, 0.3) is 0 Å². The van der Waals surface area contributed by atoms with Gasteiger partial charge in [-0.15, -0.1) is 0 Å². The summed E-state index contributed by atoms with van der Waals surface area (Å²) in [5, 5.41) is 3.83. The van der Waals surface area contributed by atoms with Gasteiger partial charge in [0.15, 0.2) is 0 Å². The monoisotopic (exact) mass is 297 g/mol. The molecule has 112 valence electrons. The molecule has 1 aromatic heterocycles. The Hall–Kier alpha value is -2.02. The first-order chi connectivity index (χ1) is 9.90. The Kier molecular flexibility index (Phi) is 3.16. The summed E-state index contributed by atoms with van der Waals surface area (Å²) in [6, 6.07) is 4.81. The zero-order valence-corrected chi connectivity index (χ0v) is 11.3. The maximum atomic E-state index is 12.6. The van der Waals surface area contributed by atoms with Crippen LogP contribution in [0.5, 0.6) is 5.75 Å². The molecule has 0 saturated carbocycles. The van der Waals surface area contributed by atoms with Crippen molar-refractivity contribution < 1.29 is 17.9 Å². The average molecular weight is 297 g/mol. The second kappa shape index (κ2) is 4.77. The van der Waals surface area contributed by atoms with E-state index in [0.717, 1.165) is 23.5 Å². The Labute approximate surface area is 119 Å². The first-order valence-corrected chi connectivity index (χ1v) is 6.44. The second-order valence-electron chi connectivity index (χ2n) is 5.07. The molecule has 2 aromatic rings. The molecule has 2 N–H and O–H groups in total. The summed E-state index contributed by atoms with van der Waals surface area (Å²) in [6.07, 6.45) is -2.00. The van der Waals surface area contributed by atoms with Crippen LogP contribution in [0, 0.1) is 0 Å². The molecule has 1 heterocycles. The largest absolute Gasteiger partial charge is 0.497 e. The minimum absolute atomic E-state index is 0.316. The Morgan fingerprint density at radius 2 is 2.14 bits per heavy atom. The van der Waals surface area contributed by atoms with Gasteiger partial charge in [0.1, 0.15) is 5.75 Å². The minimum atomic E-state index is -4.39. The summed E-state index contributed by atoms with van der Waals surface area (Å²) in [5.41, 5.74) is 7.31. The highest BCUT2D eigenvalue weighted by Gasteiger charge is 2.36. The topological polar surface area (TPSA) is 53.1 Å². The molecule has 0 radical (unpaired) electrons. The summed E-state index contributed by atoms with van der Waals surface area (Å²) >= 11 is 0. The van der Waals surface area contributed by atoms with Crippen LogP contribution in [0.2, 0.25) is 0 Å². The Bertz CT molecular complexity index is 666. The van der Waals surface area contributed by atoms with Crippen molar-refractivity contribution >= 4 is 0 Å². The van der Waals surface area contributed by atoms with Crippen molar-refractivity contribution in [2.45, 2.75) is 24.7 Å². The predicted octanol–water partition coefficient (Wildman–Crippen LogP) is 2.71. The van der Waals surface area contributed by atoms with E-state index in [9.17, 15) is 13.2 Å². The molecule has 0 bridgehead atoms. The van der Waals surface area contributed by atoms with Crippen LogP contribution in [0.4, 0.5) is 13.2 Å². The van der Waals surface area contributed by atoms with Gasteiger partial charge in [-0.25, -0.2) is 0 Å². The quantitative estimate of drug-likeness (QED) is 0.927. The first kappa shape index (κ1) is 13.9. The number of hydrogen-bond donors (Lipinski definition) is 1. The molecule has 1 aliphatic carbocycles. The molecule has 0 spiro atoms. The highest BCUT2D eigenvalue weighted by atomic mass is 19.4. The predicted molar refractivity (Wildman–Crippen MR) is 69.9 cm³/mol. The number of alkyl halides is 3. The van der Waals surface area contributed by atoms with E-state index in [2.05, 4.69) is 5.10 Å². The van der Waals surface area contributed by atoms with Gasteiger partial charge in [-0.1, -0.05) is 6.07 Å². The number of methoxy groups -OCH3 is 1. The summed E-state index contributed by atoms with van der Waals surface area (Å²) in [7, 11) is 1.56. The lowest BCUT2D eigenvalue weighted by molar-refractivity contribution is -0.137. The van der Waals surface area contributed by atoms with Gasteiger partial charge in [-0.3, -0.25) is 4.68 Å². The van der Waals surface area contributed by atoms with Crippen LogP contribution in [0.3, 0.4) is 0 Å². The molecule has 0 saturated heterocycles. The van der Waals surface area contributed by atoms with Crippen molar-refractivity contribution in [3.8, 4) is 5.75 Å². The number of halogens is 3. The van der Waals surface area contributed by atoms with Crippen molar-refractivity contribution in [3.63, 3.8) is 0 Å². The standard InChI is InChI=1S/C14H14F3N3O/c1-21-10-3-2-8-4-12(13(18)11(8)5-10)20-7-9(6-19-20)14(15,16)17/h2-3,5-7,12-13H,4,18H2,1H3. The fourth-order valence-electron chi connectivity index (χ4n) is 2.68. The Morgan fingerprint density at radius 3 is 2.76 bits per heavy atom. The van der Waals surface area contributed by atoms with E-state index in [1.54, 1.807) is 7.11 Å². The lowest BCUT2D eigenvalue weighted by atomic mass is 10.1. The van der Waals surface area contributed by atoms with Crippen molar-refractivity contribution in [2.24, 2.45) is 5.73 Å². The number of fused-ring (bicyclic) bond motifs is 1. The minimum Gasteiger partial charge on any atom is -0.497 e. The zero-order chi connectivity index (χ0) is 15.2. The second-order valence-corrected chi connectivity index (χ2v) is 5.07. The van der Waals surface area contributed by atoms with Crippen LogP contribution in [-0.4, -0.2) is 16.9 Å². The number of hydrogen-bond acceptors (Lipinski definition) is 3. The molecule has 2 unspecified atom stereocenters. The molecular weight excluding hydrogens is 283 g/mol. The van der Waals surface area contributed by atoms with E-state index in [1.165, 1.54) is 4.68 Å². The van der Waals surface area contributed by atoms with Crippen LogP contribution >= 0.6 is 0 Å². The van der Waals surface area contributed by atoms with E-state index in [0.29, 0.717) is 12.2 Å². The van der Waals surface area contributed by atoms with Crippen LogP contribution in [0.1, 0.15) is 28.8 Å². The molecule has 0 amide bonds. The summed E-state index contributed by atoms with van der Waals surface area (Å²) in [6.45, 7) is 0. The van der Waals surface area contributed by atoms with E-state index in [1.807, 2.05) is 18.2 Å². The van der Waals surface area contributed by atoms with Gasteiger partial charge >= 0.3 is 6.18 Å². The summed E-state index contributed by atoms with van der Waals surface area (Å²) < 4.78 is 44.4. The van der Waals surface area contributed by atoms with E-state index in [4.69, 9.17) is 10.5 Å². The fourth-order valence-corrected chi connectivity index (χ4v) is 2.68. The highest BCUT2D eigenvalue weighted by molar-refractivity contribution is 5.42. The number of nitrogens with two attached hydrogens (primary N) is 1. The lowest BCUT2D eigenvalue weighted by Crippen LogP contribution is -2.21. The Morgan fingerprint density at radius 1 is 1.38 bits per heavy atom. The average Bonchev–Trinajstić information content (AvgIpc) is 3.03. The molecule has 1 aliphatic rings. The molecule has 4 nitrogen and oxygen atoms in total. The van der Waals surface area contributed by atoms with Crippen molar-refractivity contribution in [3.05, 3.63) is 47.3 Å². The van der Waals surface area contributed by atoms with Crippen LogP contribution < -0.4 is 10.5 Å². The van der Waals surface area contributed by atoms with E-state index >= 15 is 0 Å². The lowest BCUT2D eigenvalue weighted by Gasteiger charge is -2.16. The van der Waals surface area contributed by atoms with Crippen molar-refractivity contribution in [2.75, 3.05) is 7.11 Å². The van der Waals surface area contributed by atoms with E-state index in [-0.39, 0.29) is 6.04 Å². The smallest absolute Gasteiger partial charge is 0.419 e. The number of rotatable bonds is 2. The van der Waals surface area contributed by atoms with Crippen molar-refractivity contribution in [1.82, 2.24) is 9.78 Å². The molecular formula is C14H14F3N3O. The van der Waals surface area contributed by atoms with E-state index < -0.39 is 17.8 Å².